The van der Waals surface area contributed by atoms with Crippen LogP contribution in [0.15, 0.2) is 0 Å². The topological polar surface area (TPSA) is 35.5 Å². The van der Waals surface area contributed by atoms with Gasteiger partial charge in [-0.3, -0.25) is 8.37 Å². The lowest BCUT2D eigenvalue weighted by Gasteiger charge is -2.32. The molecule has 0 spiro atoms. The molecule has 0 aliphatic carbocycles. The van der Waals surface area contributed by atoms with E-state index >= 15 is 0 Å². The Bertz CT molecular complexity index is 220. The van der Waals surface area contributed by atoms with Crippen LogP contribution in [0.5, 0.6) is 0 Å². The van der Waals surface area contributed by atoms with Crippen molar-refractivity contribution in [2.24, 2.45) is 5.41 Å². The molecule has 0 bridgehead atoms. The summed E-state index contributed by atoms with van der Waals surface area (Å²) in [5.41, 5.74) is -0.450. The van der Waals surface area contributed by atoms with Gasteiger partial charge in [0.15, 0.2) is 0 Å². The molecular weight excluding hydrogens is 164 g/mol. The Kier molecular flexibility index (Phi) is 2.33. The third-order valence-corrected chi connectivity index (χ3v) is 2.66. The minimum absolute atomic E-state index is 0.220. The summed E-state index contributed by atoms with van der Waals surface area (Å²) in [4.78, 5) is 0. The summed E-state index contributed by atoms with van der Waals surface area (Å²) in [6.07, 6.45) is 5.04. The molecule has 1 saturated heterocycles. The standard InChI is InChI=1S/C7H10O3S/c1-4-7(3)5-9-11(8)10-6(7)2/h1,6H,5H2,2-3H3. The van der Waals surface area contributed by atoms with E-state index in [9.17, 15) is 4.21 Å². The highest BCUT2D eigenvalue weighted by atomic mass is 32.2. The Labute approximate surface area is 68.9 Å². The summed E-state index contributed by atoms with van der Waals surface area (Å²) in [5, 5.41) is 0. The van der Waals surface area contributed by atoms with Gasteiger partial charge < -0.3 is 0 Å². The summed E-state index contributed by atoms with van der Waals surface area (Å²) in [7, 11) is 0. The van der Waals surface area contributed by atoms with Crippen molar-refractivity contribution in [2.75, 3.05) is 6.61 Å². The number of hydrogen-bond donors (Lipinski definition) is 0. The zero-order valence-electron chi connectivity index (χ0n) is 6.49. The molecule has 0 saturated carbocycles. The third-order valence-electron chi connectivity index (χ3n) is 1.90. The summed E-state index contributed by atoms with van der Waals surface area (Å²) in [6, 6.07) is 0. The SMILES string of the molecule is C#CC1(C)COS(=O)OC1C. The highest BCUT2D eigenvalue weighted by Gasteiger charge is 2.37. The predicted octanol–water partition coefficient (Wildman–Crippen LogP) is 0.640. The zero-order valence-corrected chi connectivity index (χ0v) is 7.31. The maximum atomic E-state index is 10.7. The van der Waals surface area contributed by atoms with Crippen LogP contribution in [0.2, 0.25) is 0 Å². The molecule has 0 radical (unpaired) electrons. The predicted molar refractivity (Wildman–Crippen MR) is 41.6 cm³/mol. The smallest absolute Gasteiger partial charge is 0.267 e. The average molecular weight is 174 g/mol. The second kappa shape index (κ2) is 2.94. The highest BCUT2D eigenvalue weighted by molar-refractivity contribution is 7.75. The van der Waals surface area contributed by atoms with Crippen LogP contribution in [0.4, 0.5) is 0 Å². The van der Waals surface area contributed by atoms with Gasteiger partial charge in [-0.1, -0.05) is 5.92 Å². The van der Waals surface area contributed by atoms with Gasteiger partial charge in [0.25, 0.3) is 0 Å². The molecule has 11 heavy (non-hydrogen) atoms. The molecule has 0 aromatic rings. The van der Waals surface area contributed by atoms with Crippen molar-refractivity contribution < 1.29 is 12.6 Å². The minimum Gasteiger partial charge on any atom is -0.267 e. The van der Waals surface area contributed by atoms with Gasteiger partial charge in [0.2, 0.25) is 0 Å². The fraction of sp³-hybridized carbons (Fsp3) is 0.714. The number of rotatable bonds is 0. The lowest BCUT2D eigenvalue weighted by atomic mass is 9.87. The monoisotopic (exact) mass is 174 g/mol. The van der Waals surface area contributed by atoms with Crippen LogP contribution in [0, 0.1) is 17.8 Å². The van der Waals surface area contributed by atoms with Gasteiger partial charge in [-0.05, 0) is 13.8 Å². The van der Waals surface area contributed by atoms with E-state index in [0.717, 1.165) is 0 Å². The molecule has 1 fully saturated rings. The normalized spacial score (nSPS) is 44.8. The van der Waals surface area contributed by atoms with E-state index in [4.69, 9.17) is 14.8 Å². The Morgan fingerprint density at radius 3 is 2.91 bits per heavy atom. The lowest BCUT2D eigenvalue weighted by molar-refractivity contribution is 0.0319. The van der Waals surface area contributed by atoms with Gasteiger partial charge in [-0.2, -0.15) is 4.21 Å². The van der Waals surface area contributed by atoms with Crippen molar-refractivity contribution in [3.8, 4) is 12.3 Å². The maximum Gasteiger partial charge on any atom is 0.304 e. The van der Waals surface area contributed by atoms with E-state index in [1.807, 2.05) is 6.92 Å². The molecular formula is C7H10O3S. The van der Waals surface area contributed by atoms with E-state index in [1.54, 1.807) is 6.92 Å². The molecule has 62 valence electrons. The van der Waals surface area contributed by atoms with Crippen LogP contribution in [-0.4, -0.2) is 16.9 Å². The summed E-state index contributed by atoms with van der Waals surface area (Å²) >= 11 is -1.61. The van der Waals surface area contributed by atoms with Gasteiger partial charge in [-0.25, -0.2) is 0 Å². The van der Waals surface area contributed by atoms with Crippen molar-refractivity contribution in [1.29, 1.82) is 0 Å². The maximum absolute atomic E-state index is 10.7. The van der Waals surface area contributed by atoms with Gasteiger partial charge in [0.1, 0.15) is 0 Å². The van der Waals surface area contributed by atoms with Crippen molar-refractivity contribution in [1.82, 2.24) is 0 Å². The molecule has 3 nitrogen and oxygen atoms in total. The minimum atomic E-state index is -1.61. The van der Waals surface area contributed by atoms with Crippen LogP contribution in [0.1, 0.15) is 13.8 Å². The van der Waals surface area contributed by atoms with Gasteiger partial charge >= 0.3 is 11.4 Å². The average Bonchev–Trinajstić information content (AvgIpc) is 1.98. The van der Waals surface area contributed by atoms with E-state index < -0.39 is 16.8 Å². The third kappa shape index (κ3) is 1.62. The number of terminal acetylenes is 1. The van der Waals surface area contributed by atoms with Gasteiger partial charge in [0, 0.05) is 0 Å². The largest absolute Gasteiger partial charge is 0.304 e. The molecule has 1 aliphatic heterocycles. The molecule has 3 atom stereocenters. The van der Waals surface area contributed by atoms with Crippen molar-refractivity contribution >= 4 is 11.4 Å². The molecule has 3 unspecified atom stereocenters. The van der Waals surface area contributed by atoms with Crippen molar-refractivity contribution in [3.63, 3.8) is 0 Å². The zero-order chi connectivity index (χ0) is 8.48. The van der Waals surface area contributed by atoms with Gasteiger partial charge in [-0.15, -0.1) is 6.42 Å². The van der Waals surface area contributed by atoms with Crippen molar-refractivity contribution in [2.45, 2.75) is 20.0 Å². The lowest BCUT2D eigenvalue weighted by Crippen LogP contribution is -2.40. The van der Waals surface area contributed by atoms with E-state index in [1.165, 1.54) is 0 Å². The first-order chi connectivity index (χ1) is 5.08. The van der Waals surface area contributed by atoms with Crippen LogP contribution in [0.25, 0.3) is 0 Å². The summed E-state index contributed by atoms with van der Waals surface area (Å²) in [5.74, 6) is 2.57. The Morgan fingerprint density at radius 2 is 2.45 bits per heavy atom. The first-order valence-electron chi connectivity index (χ1n) is 3.28. The molecule has 1 heterocycles. The molecule has 1 aliphatic rings. The van der Waals surface area contributed by atoms with Crippen LogP contribution >= 0.6 is 0 Å². The van der Waals surface area contributed by atoms with E-state index in [-0.39, 0.29) is 12.7 Å². The Morgan fingerprint density at radius 1 is 1.82 bits per heavy atom. The Hall–Kier alpha value is -0.370. The first-order valence-corrected chi connectivity index (χ1v) is 4.28. The Balaban J connectivity index is 2.73. The van der Waals surface area contributed by atoms with E-state index in [0.29, 0.717) is 0 Å². The molecule has 0 N–H and O–H groups in total. The molecule has 0 aromatic heterocycles. The van der Waals surface area contributed by atoms with Crippen molar-refractivity contribution in [3.05, 3.63) is 0 Å². The second-order valence-corrected chi connectivity index (χ2v) is 3.60. The second-order valence-electron chi connectivity index (χ2n) is 2.77. The fourth-order valence-electron chi connectivity index (χ4n) is 0.699. The molecule has 0 aromatic carbocycles. The molecule has 1 rings (SSSR count). The molecule has 0 amide bonds. The van der Waals surface area contributed by atoms with Crippen LogP contribution in [0.3, 0.4) is 0 Å². The van der Waals surface area contributed by atoms with E-state index in [2.05, 4.69) is 5.92 Å². The number of hydrogen-bond acceptors (Lipinski definition) is 3. The molecule has 4 heteroatoms. The summed E-state index contributed by atoms with van der Waals surface area (Å²) in [6.45, 7) is 3.92. The van der Waals surface area contributed by atoms with Crippen LogP contribution in [-0.2, 0) is 19.7 Å². The van der Waals surface area contributed by atoms with Gasteiger partial charge in [0.05, 0.1) is 18.1 Å². The first kappa shape index (κ1) is 8.72. The summed E-state index contributed by atoms with van der Waals surface area (Å²) < 4.78 is 20.3. The fourth-order valence-corrected chi connectivity index (χ4v) is 1.54. The highest BCUT2D eigenvalue weighted by Crippen LogP contribution is 2.28. The van der Waals surface area contributed by atoms with Crippen LogP contribution < -0.4 is 0 Å². The quantitative estimate of drug-likeness (QED) is 0.505.